The highest BCUT2D eigenvalue weighted by Crippen LogP contribution is 1.81. The zero-order valence-electron chi connectivity index (χ0n) is 10.2. The monoisotopic (exact) mass is 262 g/mol. The third kappa shape index (κ3) is 16.2. The first-order valence-corrected chi connectivity index (χ1v) is 4.76. The number of rotatable bonds is 7. The zero-order valence-corrected chi connectivity index (χ0v) is 10.2. The molecule has 0 rings (SSSR count). The molecule has 0 aromatic heterocycles. The topological polar surface area (TPSA) is 131 Å². The third-order valence-electron chi connectivity index (χ3n) is 1.28. The zero-order chi connectivity index (χ0) is 14.4. The van der Waals surface area contributed by atoms with E-state index in [2.05, 4.69) is 14.8 Å². The molecule has 0 saturated heterocycles. The molecule has 0 aromatic carbocycles. The molecule has 8 heteroatoms. The van der Waals surface area contributed by atoms with Gasteiger partial charge in [-0.25, -0.2) is 0 Å². The van der Waals surface area contributed by atoms with Crippen molar-refractivity contribution in [2.24, 2.45) is 5.73 Å². The maximum atomic E-state index is 9.97. The van der Waals surface area contributed by atoms with Crippen LogP contribution in [0.4, 0.5) is 0 Å². The predicted octanol–water partition coefficient (Wildman–Crippen LogP) is -0.663. The summed E-state index contributed by atoms with van der Waals surface area (Å²) in [4.78, 5) is 19.8. The fourth-order valence-corrected chi connectivity index (χ4v) is 0.508. The molecule has 0 saturated carbocycles. The highest BCUT2D eigenvalue weighted by atomic mass is 16.5. The number of carboxylic acid groups (broad SMARTS) is 2. The van der Waals surface area contributed by atoms with Gasteiger partial charge in [0.05, 0.1) is 26.7 Å². The van der Waals surface area contributed by atoms with Gasteiger partial charge in [0.25, 0.3) is 0 Å². The molecule has 0 aliphatic heterocycles. The van der Waals surface area contributed by atoms with Crippen LogP contribution in [0.25, 0.3) is 0 Å². The van der Waals surface area contributed by atoms with Gasteiger partial charge in [-0.3, -0.25) is 9.59 Å². The predicted molar refractivity (Wildman–Crippen MR) is 63.5 cm³/mol. The highest BCUT2D eigenvalue weighted by Gasteiger charge is 2.04. The second-order valence-electron chi connectivity index (χ2n) is 2.74. The van der Waals surface area contributed by atoms with Gasteiger partial charge in [-0.2, -0.15) is 0 Å². The molecule has 0 amide bonds. The van der Waals surface area contributed by atoms with Crippen LogP contribution in [0.5, 0.6) is 0 Å². The molecule has 1 unspecified atom stereocenters. The molecule has 0 aliphatic carbocycles. The normalized spacial score (nSPS) is 11.5. The minimum Gasteiger partial charge on any atom is -0.505 e. The minimum absolute atomic E-state index is 0.0835. The van der Waals surface area contributed by atoms with Gasteiger partial charge in [0.15, 0.2) is 0 Å². The van der Waals surface area contributed by atoms with E-state index in [4.69, 9.17) is 15.9 Å². The lowest BCUT2D eigenvalue weighted by atomic mass is 10.3. The van der Waals surface area contributed by atoms with E-state index in [1.165, 1.54) is 39.0 Å². The van der Waals surface area contributed by atoms with Crippen molar-refractivity contribution in [3.8, 4) is 0 Å². The first kappa shape index (κ1) is 18.2. The number of carboxylic acids is 2. The molecule has 0 radical (unpaired) electrons. The third-order valence-corrected chi connectivity index (χ3v) is 1.28. The van der Waals surface area contributed by atoms with Crippen LogP contribution in [0.3, 0.4) is 0 Å². The van der Waals surface area contributed by atoms with E-state index < -0.39 is 18.0 Å². The van der Waals surface area contributed by atoms with E-state index in [-0.39, 0.29) is 6.54 Å². The number of methoxy groups -OCH3 is 2. The van der Waals surface area contributed by atoms with E-state index in [1.54, 1.807) is 0 Å². The van der Waals surface area contributed by atoms with Crippen LogP contribution >= 0.6 is 0 Å². The fourth-order valence-electron chi connectivity index (χ4n) is 0.508. The number of hydrogen-bond acceptors (Lipinski definition) is 6. The van der Waals surface area contributed by atoms with Gasteiger partial charge < -0.3 is 30.7 Å². The summed E-state index contributed by atoms with van der Waals surface area (Å²) in [6.45, 7) is -0.0835. The molecule has 0 fully saturated rings. The molecular formula is C10H18N2O6. The van der Waals surface area contributed by atoms with Crippen LogP contribution in [0.2, 0.25) is 0 Å². The molecule has 8 nitrogen and oxygen atoms in total. The van der Waals surface area contributed by atoms with Gasteiger partial charge in [0, 0.05) is 6.20 Å². The first-order valence-electron chi connectivity index (χ1n) is 4.76. The molecular weight excluding hydrogens is 244 g/mol. The summed E-state index contributed by atoms with van der Waals surface area (Å²) in [5, 5.41) is 18.7. The van der Waals surface area contributed by atoms with E-state index >= 15 is 0 Å². The molecule has 0 aliphatic rings. The maximum absolute atomic E-state index is 9.97. The molecule has 0 heterocycles. The van der Waals surface area contributed by atoms with Crippen molar-refractivity contribution in [2.75, 3.05) is 20.8 Å². The minimum atomic E-state index is -1.07. The van der Waals surface area contributed by atoms with E-state index in [9.17, 15) is 9.59 Å². The van der Waals surface area contributed by atoms with Gasteiger partial charge in [0.2, 0.25) is 0 Å². The number of hydrogen-bond donors (Lipinski definition) is 4. The molecule has 0 aromatic rings. The number of ether oxygens (including phenoxy) is 2. The quantitative estimate of drug-likeness (QED) is 0.444. The molecule has 0 bridgehead atoms. The number of carbonyl (C=O) groups is 2. The average Bonchev–Trinajstić information content (AvgIpc) is 2.32. The van der Waals surface area contributed by atoms with Crippen molar-refractivity contribution >= 4 is 11.9 Å². The first-order chi connectivity index (χ1) is 8.45. The number of aliphatic carboxylic acids is 2. The summed E-state index contributed by atoms with van der Waals surface area (Å²) in [5.74, 6) is -1.96. The van der Waals surface area contributed by atoms with Crippen molar-refractivity contribution in [3.05, 3.63) is 24.8 Å². The van der Waals surface area contributed by atoms with Gasteiger partial charge in [-0.05, 0) is 6.08 Å². The Morgan fingerprint density at radius 3 is 2.22 bits per heavy atom. The summed E-state index contributed by atoms with van der Waals surface area (Å²) in [6, 6.07) is -0.968. The van der Waals surface area contributed by atoms with Gasteiger partial charge >= 0.3 is 11.9 Å². The largest absolute Gasteiger partial charge is 0.505 e. The Morgan fingerprint density at radius 2 is 1.83 bits per heavy atom. The Labute approximate surface area is 105 Å². The number of nitrogens with one attached hydrogen (secondary N) is 1. The van der Waals surface area contributed by atoms with Crippen LogP contribution in [0, 0.1) is 0 Å². The summed E-state index contributed by atoms with van der Waals surface area (Å²) in [5.41, 5.74) is 5.04. The van der Waals surface area contributed by atoms with Gasteiger partial charge in [-0.15, -0.1) is 0 Å². The van der Waals surface area contributed by atoms with Crippen molar-refractivity contribution < 1.29 is 29.3 Å². The maximum Gasteiger partial charge on any atom is 0.324 e. The summed E-state index contributed by atoms with van der Waals surface area (Å²) in [6.07, 6.45) is 5.28. The van der Waals surface area contributed by atoms with Crippen LogP contribution < -0.4 is 11.1 Å². The fraction of sp³-hybridized carbons (Fsp3) is 0.400. The van der Waals surface area contributed by atoms with E-state index in [1.807, 2.05) is 0 Å². The van der Waals surface area contributed by atoms with E-state index in [0.29, 0.717) is 0 Å². The van der Waals surface area contributed by atoms with Crippen LogP contribution in [0.15, 0.2) is 24.8 Å². The molecule has 18 heavy (non-hydrogen) atoms. The van der Waals surface area contributed by atoms with Crippen molar-refractivity contribution in [2.45, 2.75) is 6.04 Å². The summed E-state index contributed by atoms with van der Waals surface area (Å²) < 4.78 is 8.93. The van der Waals surface area contributed by atoms with Crippen LogP contribution in [-0.2, 0) is 19.1 Å². The molecule has 0 spiro atoms. The lowest BCUT2D eigenvalue weighted by Crippen LogP contribution is -2.27. The van der Waals surface area contributed by atoms with Gasteiger partial charge in [-0.1, -0.05) is 0 Å². The second-order valence-corrected chi connectivity index (χ2v) is 2.74. The highest BCUT2D eigenvalue weighted by molar-refractivity contribution is 5.75. The molecule has 104 valence electrons. The summed E-state index contributed by atoms with van der Waals surface area (Å²) in [7, 11) is 2.91. The Kier molecular flexibility index (Phi) is 13.0. The number of nitrogens with two attached hydrogens (primary N) is 1. The smallest absolute Gasteiger partial charge is 0.324 e. The molecule has 1 atom stereocenters. The van der Waals surface area contributed by atoms with Crippen LogP contribution in [-0.4, -0.2) is 49.0 Å². The Hall–Kier alpha value is -2.22. The lowest BCUT2D eigenvalue weighted by Gasteiger charge is -1.95. The Balaban J connectivity index is 0. The molecule has 5 N–H and O–H groups in total. The lowest BCUT2D eigenvalue weighted by molar-refractivity contribution is -0.137. The second kappa shape index (κ2) is 12.8. The van der Waals surface area contributed by atoms with E-state index in [0.717, 1.165) is 0 Å². The van der Waals surface area contributed by atoms with Crippen LogP contribution in [0.1, 0.15) is 0 Å². The standard InChI is InChI=1S/2C5H9NO3/c1-9-3-2-6-4-5(7)8;1-9-3-2-4(6)5(7)8/h2-3,6H,4H2,1H3,(H,7,8);2-4H,6H2,1H3,(H,7,8). The van der Waals surface area contributed by atoms with Crippen molar-refractivity contribution in [1.29, 1.82) is 0 Å². The summed E-state index contributed by atoms with van der Waals surface area (Å²) >= 11 is 0. The Morgan fingerprint density at radius 1 is 1.28 bits per heavy atom. The van der Waals surface area contributed by atoms with Crippen molar-refractivity contribution in [3.63, 3.8) is 0 Å². The van der Waals surface area contributed by atoms with Gasteiger partial charge in [0.1, 0.15) is 12.6 Å². The SMILES string of the molecule is COC=CC(N)C(=O)O.COC=CNCC(=O)O. The van der Waals surface area contributed by atoms with Crippen molar-refractivity contribution in [1.82, 2.24) is 5.32 Å². The average molecular weight is 262 g/mol. The Bertz CT molecular complexity index is 290.